The van der Waals surface area contributed by atoms with Crippen molar-refractivity contribution in [2.75, 3.05) is 18.8 Å². The number of nitrogens with zero attached hydrogens (tertiary/aromatic N) is 1. The molecule has 19 heavy (non-hydrogen) atoms. The van der Waals surface area contributed by atoms with E-state index in [0.29, 0.717) is 23.1 Å². The maximum Gasteiger partial charge on any atom is 0.255 e. The van der Waals surface area contributed by atoms with Crippen molar-refractivity contribution in [1.82, 2.24) is 4.90 Å². The highest BCUT2D eigenvalue weighted by molar-refractivity contribution is 5.99. The molecular formula is C16H26N2O. The molecule has 2 N–H and O–H groups in total. The van der Waals surface area contributed by atoms with Crippen LogP contribution >= 0.6 is 0 Å². The lowest BCUT2D eigenvalue weighted by atomic mass is 10.1. The van der Waals surface area contributed by atoms with Crippen molar-refractivity contribution in [3.05, 3.63) is 29.3 Å². The number of carbonyl (C=O) groups is 1. The highest BCUT2D eigenvalue weighted by atomic mass is 16.2. The van der Waals surface area contributed by atoms with Crippen molar-refractivity contribution in [2.24, 2.45) is 11.8 Å². The van der Waals surface area contributed by atoms with Gasteiger partial charge in [0.15, 0.2) is 0 Å². The van der Waals surface area contributed by atoms with E-state index in [2.05, 4.69) is 27.7 Å². The summed E-state index contributed by atoms with van der Waals surface area (Å²) in [5.41, 5.74) is 8.22. The van der Waals surface area contributed by atoms with Gasteiger partial charge in [0.2, 0.25) is 0 Å². The van der Waals surface area contributed by atoms with Gasteiger partial charge in [-0.1, -0.05) is 39.8 Å². The molecule has 3 nitrogen and oxygen atoms in total. The topological polar surface area (TPSA) is 46.3 Å². The number of amides is 1. The number of aryl methyl sites for hydroxylation is 1. The molecule has 0 heterocycles. The maximum absolute atomic E-state index is 12.6. The second kappa shape index (κ2) is 6.60. The Hall–Kier alpha value is -1.51. The van der Waals surface area contributed by atoms with Gasteiger partial charge >= 0.3 is 0 Å². The number of benzene rings is 1. The predicted molar refractivity (Wildman–Crippen MR) is 81.2 cm³/mol. The van der Waals surface area contributed by atoms with Crippen LogP contribution < -0.4 is 5.73 Å². The van der Waals surface area contributed by atoms with Gasteiger partial charge in [0, 0.05) is 18.8 Å². The van der Waals surface area contributed by atoms with E-state index in [1.165, 1.54) is 0 Å². The van der Waals surface area contributed by atoms with Crippen molar-refractivity contribution in [1.29, 1.82) is 0 Å². The van der Waals surface area contributed by atoms with Gasteiger partial charge in [0.1, 0.15) is 0 Å². The molecule has 0 radical (unpaired) electrons. The molecule has 1 aromatic rings. The van der Waals surface area contributed by atoms with Gasteiger partial charge in [0.05, 0.1) is 5.56 Å². The van der Waals surface area contributed by atoms with Crippen LogP contribution in [-0.4, -0.2) is 23.9 Å². The number of hydrogen-bond acceptors (Lipinski definition) is 2. The molecule has 0 aliphatic rings. The zero-order valence-corrected chi connectivity index (χ0v) is 12.7. The SMILES string of the molecule is Cc1cccc(C(=O)N(CC(C)C)CC(C)C)c1N. The molecular weight excluding hydrogens is 236 g/mol. The molecule has 0 saturated heterocycles. The van der Waals surface area contributed by atoms with Crippen LogP contribution in [0, 0.1) is 18.8 Å². The minimum absolute atomic E-state index is 0.0450. The molecule has 0 unspecified atom stereocenters. The monoisotopic (exact) mass is 262 g/mol. The Morgan fingerprint density at radius 1 is 1.16 bits per heavy atom. The molecule has 0 fully saturated rings. The normalized spacial score (nSPS) is 11.1. The zero-order chi connectivity index (χ0) is 14.6. The highest BCUT2D eigenvalue weighted by Crippen LogP contribution is 2.19. The third kappa shape index (κ3) is 4.27. The first-order chi connectivity index (χ1) is 8.82. The van der Waals surface area contributed by atoms with Gasteiger partial charge in [-0.3, -0.25) is 4.79 Å². The largest absolute Gasteiger partial charge is 0.398 e. The molecule has 0 saturated carbocycles. The number of anilines is 1. The molecule has 0 spiro atoms. The molecule has 0 aliphatic carbocycles. The second-order valence-corrected chi connectivity index (χ2v) is 6.03. The summed E-state index contributed by atoms with van der Waals surface area (Å²) < 4.78 is 0. The Balaban J connectivity index is 3.01. The summed E-state index contributed by atoms with van der Waals surface area (Å²) in [6, 6.07) is 5.64. The maximum atomic E-state index is 12.6. The van der Waals surface area contributed by atoms with Gasteiger partial charge in [-0.25, -0.2) is 0 Å². The van der Waals surface area contributed by atoms with Crippen LogP contribution in [0.25, 0.3) is 0 Å². The van der Waals surface area contributed by atoms with Crippen molar-refractivity contribution in [2.45, 2.75) is 34.6 Å². The standard InChI is InChI=1S/C16H26N2O/c1-11(2)9-18(10-12(3)4)16(19)14-8-6-7-13(5)15(14)17/h6-8,11-12H,9-10,17H2,1-5H3. The zero-order valence-electron chi connectivity index (χ0n) is 12.7. The Labute approximate surface area is 116 Å². The summed E-state index contributed by atoms with van der Waals surface area (Å²) in [5, 5.41) is 0. The molecule has 1 amide bonds. The number of nitrogen functional groups attached to an aromatic ring is 1. The van der Waals surface area contributed by atoms with E-state index in [1.807, 2.05) is 30.0 Å². The Morgan fingerprint density at radius 3 is 2.16 bits per heavy atom. The van der Waals surface area contributed by atoms with Crippen LogP contribution in [0.2, 0.25) is 0 Å². The average molecular weight is 262 g/mol. The highest BCUT2D eigenvalue weighted by Gasteiger charge is 2.20. The number of rotatable bonds is 5. The predicted octanol–water partition coefficient (Wildman–Crippen LogP) is 3.33. The first kappa shape index (κ1) is 15.5. The molecule has 0 aromatic heterocycles. The third-order valence-electron chi connectivity index (χ3n) is 3.01. The van der Waals surface area contributed by atoms with Gasteiger partial charge in [-0.05, 0) is 30.4 Å². The number of carbonyl (C=O) groups excluding carboxylic acids is 1. The molecule has 1 rings (SSSR count). The van der Waals surface area contributed by atoms with E-state index < -0.39 is 0 Å². The lowest BCUT2D eigenvalue weighted by Crippen LogP contribution is -2.37. The van der Waals surface area contributed by atoms with Crippen LogP contribution in [0.5, 0.6) is 0 Å². The summed E-state index contributed by atoms with van der Waals surface area (Å²) in [5.74, 6) is 0.950. The van der Waals surface area contributed by atoms with Crippen LogP contribution in [0.1, 0.15) is 43.6 Å². The third-order valence-corrected chi connectivity index (χ3v) is 3.01. The Morgan fingerprint density at radius 2 is 1.68 bits per heavy atom. The Bertz CT molecular complexity index is 428. The molecule has 3 heteroatoms. The molecule has 0 bridgehead atoms. The summed E-state index contributed by atoms with van der Waals surface area (Å²) >= 11 is 0. The number of para-hydroxylation sites is 1. The first-order valence-electron chi connectivity index (χ1n) is 6.97. The van der Waals surface area contributed by atoms with Crippen LogP contribution in [0.4, 0.5) is 5.69 Å². The van der Waals surface area contributed by atoms with E-state index in [0.717, 1.165) is 18.7 Å². The van der Waals surface area contributed by atoms with E-state index in [4.69, 9.17) is 5.73 Å². The summed E-state index contributed by atoms with van der Waals surface area (Å²) in [6.45, 7) is 12.0. The van der Waals surface area contributed by atoms with Crippen LogP contribution in [0.15, 0.2) is 18.2 Å². The van der Waals surface area contributed by atoms with E-state index in [-0.39, 0.29) is 5.91 Å². The summed E-state index contributed by atoms with van der Waals surface area (Å²) in [6.07, 6.45) is 0. The van der Waals surface area contributed by atoms with Crippen LogP contribution in [-0.2, 0) is 0 Å². The lowest BCUT2D eigenvalue weighted by Gasteiger charge is -2.27. The minimum atomic E-state index is 0.0450. The van der Waals surface area contributed by atoms with Crippen LogP contribution in [0.3, 0.4) is 0 Å². The van der Waals surface area contributed by atoms with Crippen molar-refractivity contribution in [3.8, 4) is 0 Å². The smallest absolute Gasteiger partial charge is 0.255 e. The van der Waals surface area contributed by atoms with E-state index in [9.17, 15) is 4.79 Å². The van der Waals surface area contributed by atoms with Gasteiger partial charge in [-0.15, -0.1) is 0 Å². The lowest BCUT2D eigenvalue weighted by molar-refractivity contribution is 0.0716. The fourth-order valence-corrected chi connectivity index (χ4v) is 2.16. The molecule has 0 aliphatic heterocycles. The second-order valence-electron chi connectivity index (χ2n) is 6.03. The molecule has 106 valence electrons. The van der Waals surface area contributed by atoms with Gasteiger partial charge < -0.3 is 10.6 Å². The van der Waals surface area contributed by atoms with E-state index >= 15 is 0 Å². The summed E-state index contributed by atoms with van der Waals surface area (Å²) in [7, 11) is 0. The molecule has 0 atom stereocenters. The van der Waals surface area contributed by atoms with E-state index in [1.54, 1.807) is 0 Å². The quantitative estimate of drug-likeness (QED) is 0.827. The summed E-state index contributed by atoms with van der Waals surface area (Å²) in [4.78, 5) is 14.6. The fraction of sp³-hybridized carbons (Fsp3) is 0.562. The van der Waals surface area contributed by atoms with Gasteiger partial charge in [0.25, 0.3) is 5.91 Å². The van der Waals surface area contributed by atoms with Crippen molar-refractivity contribution < 1.29 is 4.79 Å². The van der Waals surface area contributed by atoms with Crippen molar-refractivity contribution in [3.63, 3.8) is 0 Å². The number of hydrogen-bond donors (Lipinski definition) is 1. The number of nitrogens with two attached hydrogens (primary N) is 1. The van der Waals surface area contributed by atoms with Gasteiger partial charge in [-0.2, -0.15) is 0 Å². The fourth-order valence-electron chi connectivity index (χ4n) is 2.16. The Kier molecular flexibility index (Phi) is 5.40. The minimum Gasteiger partial charge on any atom is -0.398 e. The first-order valence-corrected chi connectivity index (χ1v) is 6.97. The molecule has 1 aromatic carbocycles. The van der Waals surface area contributed by atoms with Crippen molar-refractivity contribution >= 4 is 11.6 Å². The average Bonchev–Trinajstić information content (AvgIpc) is 2.30.